The number of thiazole rings is 1. The first kappa shape index (κ1) is 23.1. The highest BCUT2D eigenvalue weighted by atomic mass is 35.5. The number of halogens is 1. The quantitative estimate of drug-likeness (QED) is 0.507. The van der Waals surface area contributed by atoms with Gasteiger partial charge in [0.05, 0.1) is 11.8 Å². The molecule has 1 aromatic carbocycles. The monoisotopic (exact) mass is 437 g/mol. The minimum absolute atomic E-state index is 0. The van der Waals surface area contributed by atoms with Gasteiger partial charge in [-0.3, -0.25) is 14.4 Å². The fraction of sp³-hybridized carbons (Fsp3) is 0.450. The molecule has 7 nitrogen and oxygen atoms in total. The molecule has 0 saturated heterocycles. The molecular formula is C20H28ClN5O2S. The lowest BCUT2D eigenvalue weighted by molar-refractivity contribution is 0.0973. The van der Waals surface area contributed by atoms with E-state index in [2.05, 4.69) is 23.8 Å². The van der Waals surface area contributed by atoms with Gasteiger partial charge in [0.1, 0.15) is 17.0 Å². The number of ether oxygens (including phenoxy) is 1. The number of likely N-dealkylation sites (N-methyl/N-ethyl adjacent to an activating group) is 1. The zero-order valence-corrected chi connectivity index (χ0v) is 18.9. The average molecular weight is 438 g/mol. The number of rotatable bonds is 9. The van der Waals surface area contributed by atoms with Gasteiger partial charge >= 0.3 is 0 Å². The molecule has 3 aromatic rings. The molecule has 0 unspecified atom stereocenters. The van der Waals surface area contributed by atoms with Gasteiger partial charge in [0, 0.05) is 25.8 Å². The number of fused-ring (bicyclic) bond motifs is 1. The number of nitrogens with zero attached hydrogens (tertiary/aromatic N) is 5. The van der Waals surface area contributed by atoms with E-state index in [9.17, 15) is 4.79 Å². The highest BCUT2D eigenvalue weighted by molar-refractivity contribution is 7.22. The molecule has 1 amide bonds. The van der Waals surface area contributed by atoms with Crippen molar-refractivity contribution in [3.05, 3.63) is 36.2 Å². The number of amides is 1. The van der Waals surface area contributed by atoms with Crippen molar-refractivity contribution in [2.75, 3.05) is 38.2 Å². The minimum Gasteiger partial charge on any atom is -0.494 e. The van der Waals surface area contributed by atoms with E-state index in [1.54, 1.807) is 29.0 Å². The van der Waals surface area contributed by atoms with Gasteiger partial charge in [-0.05, 0) is 38.2 Å². The second-order valence-corrected chi connectivity index (χ2v) is 7.33. The molecule has 0 fully saturated rings. The summed E-state index contributed by atoms with van der Waals surface area (Å²) in [6.45, 7) is 10.1. The zero-order valence-electron chi connectivity index (χ0n) is 17.3. The Hall–Kier alpha value is -2.16. The van der Waals surface area contributed by atoms with Crippen molar-refractivity contribution in [1.29, 1.82) is 0 Å². The lowest BCUT2D eigenvalue weighted by atomic mass is 10.3. The molecule has 3 rings (SSSR count). The summed E-state index contributed by atoms with van der Waals surface area (Å²) >= 11 is 1.51. The van der Waals surface area contributed by atoms with Gasteiger partial charge in [0.2, 0.25) is 0 Å². The lowest BCUT2D eigenvalue weighted by Gasteiger charge is -2.24. The molecule has 0 atom stereocenters. The maximum atomic E-state index is 13.4. The molecule has 2 aromatic heterocycles. The van der Waals surface area contributed by atoms with Crippen LogP contribution in [0.4, 0.5) is 5.13 Å². The fourth-order valence-electron chi connectivity index (χ4n) is 3.16. The van der Waals surface area contributed by atoms with Crippen LogP contribution in [0, 0.1) is 0 Å². The Bertz CT molecular complexity index is 938. The Morgan fingerprint density at radius 2 is 1.93 bits per heavy atom. The molecule has 0 aliphatic carbocycles. The summed E-state index contributed by atoms with van der Waals surface area (Å²) < 4.78 is 8.16. The molecule has 2 heterocycles. The SMILES string of the molecule is CCN(CC)CCN(C(=O)c1ccnn1CC)c1nc2c(OC)cccc2s1.Cl. The third kappa shape index (κ3) is 4.88. The van der Waals surface area contributed by atoms with Crippen molar-refractivity contribution in [3.8, 4) is 5.75 Å². The number of methoxy groups -OCH3 is 1. The van der Waals surface area contributed by atoms with E-state index in [4.69, 9.17) is 9.72 Å². The minimum atomic E-state index is -0.0791. The summed E-state index contributed by atoms with van der Waals surface area (Å²) in [5.74, 6) is 0.638. The number of aromatic nitrogens is 3. The number of aryl methyl sites for hydroxylation is 1. The highest BCUT2D eigenvalue weighted by Gasteiger charge is 2.25. The summed E-state index contributed by atoms with van der Waals surface area (Å²) in [5, 5.41) is 4.93. The Morgan fingerprint density at radius 3 is 2.59 bits per heavy atom. The van der Waals surface area contributed by atoms with Crippen molar-refractivity contribution in [3.63, 3.8) is 0 Å². The molecule has 0 saturated carbocycles. The first-order valence-electron chi connectivity index (χ1n) is 9.62. The van der Waals surface area contributed by atoms with Gasteiger partial charge in [-0.2, -0.15) is 5.10 Å². The van der Waals surface area contributed by atoms with E-state index < -0.39 is 0 Å². The molecule has 0 spiro atoms. The number of hydrogen-bond donors (Lipinski definition) is 0. The molecule has 0 aliphatic heterocycles. The number of anilines is 1. The second-order valence-electron chi connectivity index (χ2n) is 6.32. The maximum Gasteiger partial charge on any atom is 0.278 e. The van der Waals surface area contributed by atoms with E-state index in [0.29, 0.717) is 23.9 Å². The fourth-order valence-corrected chi connectivity index (χ4v) is 4.17. The van der Waals surface area contributed by atoms with Crippen LogP contribution in [0.5, 0.6) is 5.75 Å². The Labute approximate surface area is 181 Å². The van der Waals surface area contributed by atoms with E-state index >= 15 is 0 Å². The van der Waals surface area contributed by atoms with E-state index in [1.165, 1.54) is 11.3 Å². The number of carbonyl (C=O) groups excluding carboxylic acids is 1. The zero-order chi connectivity index (χ0) is 20.1. The summed E-state index contributed by atoms with van der Waals surface area (Å²) in [4.78, 5) is 22.2. The third-order valence-electron chi connectivity index (χ3n) is 4.84. The molecule has 0 aliphatic rings. The topological polar surface area (TPSA) is 63.5 Å². The van der Waals surface area contributed by atoms with E-state index in [1.807, 2.05) is 25.1 Å². The normalized spacial score (nSPS) is 10.9. The van der Waals surface area contributed by atoms with Gasteiger partial charge in [0.15, 0.2) is 5.13 Å². The molecular weight excluding hydrogens is 410 g/mol. The van der Waals surface area contributed by atoms with Crippen LogP contribution in [0.25, 0.3) is 10.2 Å². The van der Waals surface area contributed by atoms with Gasteiger partial charge in [-0.15, -0.1) is 12.4 Å². The number of hydrogen-bond acceptors (Lipinski definition) is 6. The van der Waals surface area contributed by atoms with Gasteiger partial charge < -0.3 is 9.64 Å². The van der Waals surface area contributed by atoms with Crippen molar-refractivity contribution < 1.29 is 9.53 Å². The van der Waals surface area contributed by atoms with Crippen molar-refractivity contribution in [1.82, 2.24) is 19.7 Å². The Morgan fingerprint density at radius 1 is 1.17 bits per heavy atom. The van der Waals surface area contributed by atoms with E-state index in [0.717, 1.165) is 35.6 Å². The number of para-hydroxylation sites is 1. The molecule has 0 bridgehead atoms. The van der Waals surface area contributed by atoms with Crippen LogP contribution in [0.1, 0.15) is 31.3 Å². The summed E-state index contributed by atoms with van der Waals surface area (Å²) in [6, 6.07) is 7.60. The van der Waals surface area contributed by atoms with Gasteiger partial charge in [0.25, 0.3) is 5.91 Å². The number of benzene rings is 1. The lowest BCUT2D eigenvalue weighted by Crippen LogP contribution is -2.39. The van der Waals surface area contributed by atoms with Crippen molar-refractivity contribution in [2.45, 2.75) is 27.3 Å². The predicted molar refractivity (Wildman–Crippen MR) is 121 cm³/mol. The van der Waals surface area contributed by atoms with Crippen LogP contribution < -0.4 is 9.64 Å². The molecule has 0 radical (unpaired) electrons. The van der Waals surface area contributed by atoms with Crippen LogP contribution >= 0.6 is 23.7 Å². The first-order chi connectivity index (χ1) is 13.6. The Kier molecular flexibility index (Phi) is 8.43. The summed E-state index contributed by atoms with van der Waals surface area (Å²) in [5.41, 5.74) is 1.36. The maximum absolute atomic E-state index is 13.4. The molecule has 9 heteroatoms. The third-order valence-corrected chi connectivity index (χ3v) is 5.88. The van der Waals surface area contributed by atoms with Crippen LogP contribution in [0.2, 0.25) is 0 Å². The van der Waals surface area contributed by atoms with Crippen LogP contribution in [0.15, 0.2) is 30.5 Å². The highest BCUT2D eigenvalue weighted by Crippen LogP contribution is 2.34. The average Bonchev–Trinajstić information content (AvgIpc) is 3.37. The first-order valence-corrected chi connectivity index (χ1v) is 10.4. The molecule has 0 N–H and O–H groups in total. The van der Waals surface area contributed by atoms with Crippen LogP contribution in [-0.4, -0.2) is 58.9 Å². The molecule has 158 valence electrons. The van der Waals surface area contributed by atoms with Crippen molar-refractivity contribution >= 4 is 45.0 Å². The number of carbonyl (C=O) groups is 1. The predicted octanol–water partition coefficient (Wildman–Crippen LogP) is 3.93. The largest absolute Gasteiger partial charge is 0.494 e. The van der Waals surface area contributed by atoms with Gasteiger partial charge in [-0.25, -0.2) is 4.98 Å². The molecule has 29 heavy (non-hydrogen) atoms. The van der Waals surface area contributed by atoms with Gasteiger partial charge in [-0.1, -0.05) is 31.3 Å². The standard InChI is InChI=1S/C20H27N5O2S.ClH/c1-5-23(6-2)13-14-24(19(26)15-11-12-21-25(15)7-3)20-22-18-16(27-4)9-8-10-17(18)28-20;/h8-12H,5-7,13-14H2,1-4H3;1H. The summed E-state index contributed by atoms with van der Waals surface area (Å²) in [6.07, 6.45) is 1.67. The van der Waals surface area contributed by atoms with Crippen LogP contribution in [-0.2, 0) is 6.54 Å². The smallest absolute Gasteiger partial charge is 0.278 e. The van der Waals surface area contributed by atoms with Crippen LogP contribution in [0.3, 0.4) is 0 Å². The van der Waals surface area contributed by atoms with Crippen molar-refractivity contribution in [2.24, 2.45) is 0 Å². The second kappa shape index (κ2) is 10.6. The van der Waals surface area contributed by atoms with E-state index in [-0.39, 0.29) is 18.3 Å². The summed E-state index contributed by atoms with van der Waals surface area (Å²) in [7, 11) is 1.64. The Balaban J connectivity index is 0.00000300.